The van der Waals surface area contributed by atoms with Crippen molar-refractivity contribution in [2.45, 2.75) is 25.8 Å². The van der Waals surface area contributed by atoms with Crippen molar-refractivity contribution in [2.24, 2.45) is 11.8 Å². The van der Waals surface area contributed by atoms with Gasteiger partial charge in [0, 0.05) is 38.3 Å². The van der Waals surface area contributed by atoms with Gasteiger partial charge < -0.3 is 10.1 Å². The van der Waals surface area contributed by atoms with Crippen molar-refractivity contribution >= 4 is 17.0 Å². The molecule has 1 fully saturated rings. The number of likely N-dealkylation sites (tertiary alicyclic amines) is 1. The quantitative estimate of drug-likeness (QED) is 0.697. The van der Waals surface area contributed by atoms with Crippen LogP contribution in [0.3, 0.4) is 0 Å². The molecule has 0 spiro atoms. The van der Waals surface area contributed by atoms with E-state index in [0.29, 0.717) is 0 Å². The summed E-state index contributed by atoms with van der Waals surface area (Å²) >= 11 is 0. The molecule has 27 heavy (non-hydrogen) atoms. The first-order valence-corrected chi connectivity index (χ1v) is 9.30. The zero-order valence-electron chi connectivity index (χ0n) is 15.1. The highest BCUT2D eigenvalue weighted by Crippen LogP contribution is 2.30. The van der Waals surface area contributed by atoms with E-state index >= 15 is 0 Å². The van der Waals surface area contributed by atoms with E-state index in [0.717, 1.165) is 55.0 Å². The Labute approximate surface area is 157 Å². The number of fused-ring (bicyclic) bond motifs is 1. The van der Waals surface area contributed by atoms with E-state index in [2.05, 4.69) is 24.8 Å². The summed E-state index contributed by atoms with van der Waals surface area (Å²) in [6.07, 6.45) is 7.15. The van der Waals surface area contributed by atoms with Gasteiger partial charge in [0.2, 0.25) is 0 Å². The number of rotatable bonds is 6. The molecule has 2 atom stereocenters. The summed E-state index contributed by atoms with van der Waals surface area (Å²) in [5.41, 5.74) is 2.86. The number of aromatic nitrogens is 4. The van der Waals surface area contributed by atoms with Crippen LogP contribution in [0, 0.1) is 11.8 Å². The van der Waals surface area contributed by atoms with Gasteiger partial charge in [0.25, 0.3) is 0 Å². The lowest BCUT2D eigenvalue weighted by Gasteiger charge is -2.37. The molecule has 0 radical (unpaired) electrons. The third kappa shape index (κ3) is 4.31. The maximum Gasteiger partial charge on any atom is 0.303 e. The number of aliphatic carboxylic acids is 1. The summed E-state index contributed by atoms with van der Waals surface area (Å²) in [6.45, 7) is 2.54. The molecule has 3 aromatic heterocycles. The number of nitrogens with one attached hydrogen (secondary N) is 1. The Morgan fingerprint density at radius 1 is 1.26 bits per heavy atom. The smallest absolute Gasteiger partial charge is 0.303 e. The fourth-order valence-electron chi connectivity index (χ4n) is 4.00. The van der Waals surface area contributed by atoms with Gasteiger partial charge in [0.15, 0.2) is 0 Å². The van der Waals surface area contributed by atoms with Crippen molar-refractivity contribution in [1.82, 2.24) is 24.8 Å². The fourth-order valence-corrected chi connectivity index (χ4v) is 4.00. The lowest BCUT2D eigenvalue weighted by molar-refractivity contribution is -0.139. The molecule has 0 saturated carbocycles. The van der Waals surface area contributed by atoms with Gasteiger partial charge in [-0.25, -0.2) is 4.98 Å². The van der Waals surface area contributed by atoms with Gasteiger partial charge in [0.1, 0.15) is 5.82 Å². The first-order valence-electron chi connectivity index (χ1n) is 9.30. The molecular weight excluding hydrogens is 342 g/mol. The highest BCUT2D eigenvalue weighted by Gasteiger charge is 2.31. The topological polar surface area (TPSA) is 95.0 Å². The predicted octanol–water partition coefficient (Wildman–Crippen LogP) is 2.51. The number of imidazole rings is 1. The zero-order valence-corrected chi connectivity index (χ0v) is 15.1. The van der Waals surface area contributed by atoms with E-state index in [9.17, 15) is 9.90 Å². The number of nitrogens with zero attached hydrogens (tertiary/aromatic N) is 4. The van der Waals surface area contributed by atoms with Crippen molar-refractivity contribution in [3.63, 3.8) is 0 Å². The van der Waals surface area contributed by atoms with E-state index in [1.165, 1.54) is 0 Å². The van der Waals surface area contributed by atoms with Gasteiger partial charge in [-0.2, -0.15) is 0 Å². The normalized spacial score (nSPS) is 20.7. The summed E-state index contributed by atoms with van der Waals surface area (Å²) in [5, 5.41) is 9.31. The Kier molecular flexibility index (Phi) is 5.11. The highest BCUT2D eigenvalue weighted by molar-refractivity contribution is 5.73. The van der Waals surface area contributed by atoms with Gasteiger partial charge in [-0.15, -0.1) is 0 Å². The molecule has 3 aromatic rings. The minimum atomic E-state index is -0.725. The van der Waals surface area contributed by atoms with Crippen molar-refractivity contribution in [1.29, 1.82) is 0 Å². The Morgan fingerprint density at radius 3 is 2.96 bits per heavy atom. The van der Waals surface area contributed by atoms with Crippen LogP contribution in [-0.2, 0) is 17.8 Å². The first kappa shape index (κ1) is 17.6. The second kappa shape index (κ2) is 7.84. The number of aromatic amines is 1. The first-order chi connectivity index (χ1) is 13.2. The van der Waals surface area contributed by atoms with Crippen LogP contribution in [0.1, 0.15) is 24.4 Å². The van der Waals surface area contributed by atoms with E-state index in [4.69, 9.17) is 0 Å². The number of pyridine rings is 2. The molecule has 7 nitrogen and oxygen atoms in total. The predicted molar refractivity (Wildman–Crippen MR) is 101 cm³/mol. The van der Waals surface area contributed by atoms with Gasteiger partial charge >= 0.3 is 5.97 Å². The average molecular weight is 365 g/mol. The molecule has 7 heteroatoms. The standard InChI is InChI=1S/C20H23N5O2/c26-20(27)10-14-5-8-25(13-16-3-1-2-6-22-16)12-15(14)9-19-23-17-4-7-21-11-18(17)24-19/h1-4,6-7,11,14-15H,5,8-10,12-13H2,(H,23,24)(H,26,27)/t14-,15-/m0/s1. The van der Waals surface area contributed by atoms with Crippen LogP contribution in [0.4, 0.5) is 0 Å². The van der Waals surface area contributed by atoms with Crippen LogP contribution in [0.2, 0.25) is 0 Å². The Hall–Kier alpha value is -2.80. The van der Waals surface area contributed by atoms with Crippen LogP contribution in [0.5, 0.6) is 0 Å². The molecule has 0 aromatic carbocycles. The zero-order chi connectivity index (χ0) is 18.6. The summed E-state index contributed by atoms with van der Waals surface area (Å²) in [4.78, 5) is 30.2. The Bertz CT molecular complexity index is 878. The lowest BCUT2D eigenvalue weighted by Crippen LogP contribution is -2.41. The van der Waals surface area contributed by atoms with Crippen molar-refractivity contribution < 1.29 is 9.90 Å². The van der Waals surface area contributed by atoms with Crippen LogP contribution in [0.25, 0.3) is 11.0 Å². The minimum Gasteiger partial charge on any atom is -0.481 e. The molecule has 4 rings (SSSR count). The van der Waals surface area contributed by atoms with Crippen LogP contribution < -0.4 is 0 Å². The number of hydrogen-bond donors (Lipinski definition) is 2. The third-order valence-electron chi connectivity index (χ3n) is 5.31. The average Bonchev–Trinajstić information content (AvgIpc) is 3.07. The van der Waals surface area contributed by atoms with E-state index in [-0.39, 0.29) is 18.3 Å². The second-order valence-electron chi connectivity index (χ2n) is 7.24. The number of piperidine rings is 1. The van der Waals surface area contributed by atoms with Gasteiger partial charge in [-0.1, -0.05) is 6.07 Å². The summed E-state index contributed by atoms with van der Waals surface area (Å²) in [6, 6.07) is 7.84. The second-order valence-corrected chi connectivity index (χ2v) is 7.24. The minimum absolute atomic E-state index is 0.161. The number of carboxylic acid groups (broad SMARTS) is 1. The number of carbonyl (C=O) groups is 1. The maximum absolute atomic E-state index is 11.3. The van der Waals surface area contributed by atoms with Crippen molar-refractivity contribution in [3.05, 3.63) is 54.4 Å². The van der Waals surface area contributed by atoms with E-state index < -0.39 is 5.97 Å². The molecule has 1 saturated heterocycles. The molecule has 0 unspecified atom stereocenters. The van der Waals surface area contributed by atoms with E-state index in [1.807, 2.05) is 30.5 Å². The van der Waals surface area contributed by atoms with Crippen LogP contribution in [-0.4, -0.2) is 49.0 Å². The van der Waals surface area contributed by atoms with Gasteiger partial charge in [-0.05, 0) is 43.0 Å². The van der Waals surface area contributed by atoms with Crippen LogP contribution in [0.15, 0.2) is 42.9 Å². The number of carboxylic acids is 1. The SMILES string of the molecule is O=C(O)C[C@@H]1CCN(Cc2ccccn2)C[C@@H]1Cc1nc2ccncc2[nH]1. The Balaban J connectivity index is 1.50. The highest BCUT2D eigenvalue weighted by atomic mass is 16.4. The summed E-state index contributed by atoms with van der Waals surface area (Å²) in [7, 11) is 0. The molecule has 2 N–H and O–H groups in total. The third-order valence-corrected chi connectivity index (χ3v) is 5.31. The number of hydrogen-bond acceptors (Lipinski definition) is 5. The molecule has 0 bridgehead atoms. The molecule has 1 aliphatic heterocycles. The van der Waals surface area contributed by atoms with E-state index in [1.54, 1.807) is 12.4 Å². The monoisotopic (exact) mass is 365 g/mol. The largest absolute Gasteiger partial charge is 0.481 e. The molecule has 1 aliphatic rings. The Morgan fingerprint density at radius 2 is 2.19 bits per heavy atom. The van der Waals surface area contributed by atoms with Crippen LogP contribution >= 0.6 is 0 Å². The van der Waals surface area contributed by atoms with Crippen molar-refractivity contribution in [3.8, 4) is 0 Å². The maximum atomic E-state index is 11.3. The fraction of sp³-hybridized carbons (Fsp3) is 0.400. The molecule has 0 amide bonds. The van der Waals surface area contributed by atoms with Gasteiger partial charge in [-0.3, -0.25) is 19.7 Å². The lowest BCUT2D eigenvalue weighted by atomic mass is 9.81. The van der Waals surface area contributed by atoms with Gasteiger partial charge in [0.05, 0.1) is 22.9 Å². The summed E-state index contributed by atoms with van der Waals surface area (Å²) < 4.78 is 0. The molecule has 140 valence electrons. The molecular formula is C20H23N5O2. The molecule has 0 aliphatic carbocycles. The van der Waals surface area contributed by atoms with Crippen molar-refractivity contribution in [2.75, 3.05) is 13.1 Å². The molecule has 4 heterocycles. The summed E-state index contributed by atoms with van der Waals surface area (Å²) in [5.74, 6) is 0.580. The number of H-pyrrole nitrogens is 1.